The molecule has 0 aliphatic carbocycles. The Morgan fingerprint density at radius 2 is 1.81 bits per heavy atom. The van der Waals surface area contributed by atoms with Crippen LogP contribution in [-0.4, -0.2) is 94.3 Å². The zero-order valence-electron chi connectivity index (χ0n) is 29.4. The second kappa shape index (κ2) is 17.4. The molecule has 3 amide bonds. The molecule has 1 fully saturated rings. The molecule has 14 nitrogen and oxygen atoms in total. The van der Waals surface area contributed by atoms with Crippen molar-refractivity contribution in [2.24, 2.45) is 0 Å². The van der Waals surface area contributed by atoms with Crippen LogP contribution in [0.5, 0.6) is 17.2 Å². The van der Waals surface area contributed by atoms with Crippen molar-refractivity contribution >= 4 is 35.0 Å². The maximum atomic E-state index is 13.6. The van der Waals surface area contributed by atoms with Gasteiger partial charge >= 0.3 is 0 Å². The number of carbonyl (C=O) groups is 4. The van der Waals surface area contributed by atoms with Crippen LogP contribution in [0.4, 0.5) is 0 Å². The van der Waals surface area contributed by atoms with E-state index in [4.69, 9.17) is 24.1 Å². The first-order valence-electron chi connectivity index (χ1n) is 17.1. The number of aryl methyl sites for hydroxylation is 2. The molecular formula is C38H43N5O9. The quantitative estimate of drug-likeness (QED) is 0.299. The molecule has 274 valence electrons. The second-order valence-corrected chi connectivity index (χ2v) is 12.5. The number of amides is 3. The van der Waals surface area contributed by atoms with Gasteiger partial charge in [0.05, 0.1) is 43.5 Å². The van der Waals surface area contributed by atoms with Crippen LogP contribution in [0.15, 0.2) is 71.5 Å². The number of hydrogen-bond acceptors (Lipinski definition) is 9. The molecule has 2 atom stereocenters. The first kappa shape index (κ1) is 37.5. The maximum absolute atomic E-state index is 13.6. The molecule has 14 heteroatoms. The Labute approximate surface area is 300 Å². The number of methoxy groups -OCH3 is 1. The SMILES string of the molecule is CCN1CC(=O)N[C@H]2CCN(C(=O)Cn3nc(C)c4ccccc4c3=O)C[C@@H]2OCc2cccc(c2)Oc2cc(ccc2OC)CCC1=O.O=CO. The lowest BCUT2D eigenvalue weighted by molar-refractivity contribution is -0.140. The number of carboxylic acid groups (broad SMARTS) is 1. The zero-order valence-corrected chi connectivity index (χ0v) is 29.4. The monoisotopic (exact) mass is 713 g/mol. The van der Waals surface area contributed by atoms with Gasteiger partial charge in [-0.2, -0.15) is 5.10 Å². The lowest BCUT2D eigenvalue weighted by Gasteiger charge is -2.39. The molecule has 52 heavy (non-hydrogen) atoms. The standard InChI is InChI=1S/C37H41N5O7.CH2O2/c1-4-40-21-34(43)38-30-16-17-41(36(45)22-42-37(46)29-11-6-5-10-28(29)24(2)39-42)20-33(30)48-23-26-8-7-9-27(18-26)49-32-19-25(13-15-35(40)44)12-14-31(32)47-3;2-1-3/h5-12,14,18-19,30,33H,4,13,15-17,20-23H2,1-3H3,(H,38,43);1H,(H,2,3)/t30-,33-;/m0./s1. The minimum Gasteiger partial charge on any atom is -0.493 e. The van der Waals surface area contributed by atoms with Crippen LogP contribution in [0.3, 0.4) is 0 Å². The number of fused-ring (bicyclic) bond motifs is 6. The fraction of sp³-hybridized carbons (Fsp3) is 0.368. The Morgan fingerprint density at radius 3 is 2.56 bits per heavy atom. The summed E-state index contributed by atoms with van der Waals surface area (Å²) in [6.45, 7) is 4.23. The molecule has 3 heterocycles. The number of likely N-dealkylation sites (tertiary alicyclic amines) is 1. The molecule has 1 aromatic heterocycles. The highest BCUT2D eigenvalue weighted by Crippen LogP contribution is 2.33. The van der Waals surface area contributed by atoms with Crippen LogP contribution >= 0.6 is 0 Å². The van der Waals surface area contributed by atoms with Crippen LogP contribution < -0.4 is 20.3 Å². The van der Waals surface area contributed by atoms with Gasteiger partial charge in [0.15, 0.2) is 11.5 Å². The molecule has 2 N–H and O–H groups in total. The van der Waals surface area contributed by atoms with Crippen LogP contribution in [0.1, 0.15) is 36.6 Å². The van der Waals surface area contributed by atoms with Crippen LogP contribution in [0.25, 0.3) is 10.8 Å². The maximum Gasteiger partial charge on any atom is 0.290 e. The fourth-order valence-corrected chi connectivity index (χ4v) is 6.41. The third-order valence-electron chi connectivity index (χ3n) is 9.11. The van der Waals surface area contributed by atoms with Crippen LogP contribution in [0.2, 0.25) is 0 Å². The Kier molecular flexibility index (Phi) is 12.6. The van der Waals surface area contributed by atoms with E-state index in [0.717, 1.165) is 16.5 Å². The molecule has 6 rings (SSSR count). The number of piperidine rings is 1. The molecule has 0 unspecified atom stereocenters. The lowest BCUT2D eigenvalue weighted by Crippen LogP contribution is -2.58. The van der Waals surface area contributed by atoms with E-state index >= 15 is 0 Å². The molecule has 4 aromatic rings. The summed E-state index contributed by atoms with van der Waals surface area (Å²) in [7, 11) is 1.57. The molecule has 4 bridgehead atoms. The topological polar surface area (TPSA) is 170 Å². The smallest absolute Gasteiger partial charge is 0.290 e. The van der Waals surface area contributed by atoms with E-state index < -0.39 is 12.1 Å². The number of hydrogen-bond donors (Lipinski definition) is 2. The fourth-order valence-electron chi connectivity index (χ4n) is 6.41. The number of nitrogens with zero attached hydrogens (tertiary/aromatic N) is 4. The molecular weight excluding hydrogens is 670 g/mol. The van der Waals surface area contributed by atoms with E-state index in [2.05, 4.69) is 10.4 Å². The van der Waals surface area contributed by atoms with Gasteiger partial charge in [-0.3, -0.25) is 24.0 Å². The van der Waals surface area contributed by atoms with Gasteiger partial charge in [-0.05, 0) is 68.1 Å². The summed E-state index contributed by atoms with van der Waals surface area (Å²) >= 11 is 0. The predicted molar refractivity (Wildman–Crippen MR) is 191 cm³/mol. The van der Waals surface area contributed by atoms with Gasteiger partial charge in [0.2, 0.25) is 17.7 Å². The summed E-state index contributed by atoms with van der Waals surface area (Å²) < 4.78 is 19.4. The Bertz CT molecular complexity index is 1980. The third kappa shape index (κ3) is 9.12. The summed E-state index contributed by atoms with van der Waals surface area (Å²) in [5.41, 5.74) is 2.08. The molecule has 1 saturated heterocycles. The number of carbonyl (C=O) groups excluding carboxylic acids is 3. The van der Waals surface area contributed by atoms with E-state index in [-0.39, 0.29) is 62.4 Å². The van der Waals surface area contributed by atoms with Crippen molar-refractivity contribution < 1.29 is 38.5 Å². The normalized spacial score (nSPS) is 18.1. The molecule has 2 aliphatic heterocycles. The summed E-state index contributed by atoms with van der Waals surface area (Å²) in [4.78, 5) is 64.8. The van der Waals surface area contributed by atoms with Crippen molar-refractivity contribution in [1.82, 2.24) is 24.9 Å². The van der Waals surface area contributed by atoms with Crippen molar-refractivity contribution in [3.63, 3.8) is 0 Å². The average molecular weight is 714 g/mol. The van der Waals surface area contributed by atoms with Gasteiger partial charge in [0.25, 0.3) is 12.0 Å². The number of likely N-dealkylation sites (N-methyl/N-ethyl adjacent to an activating group) is 1. The number of rotatable bonds is 4. The number of ether oxygens (including phenoxy) is 3. The van der Waals surface area contributed by atoms with E-state index in [0.29, 0.717) is 54.3 Å². The third-order valence-corrected chi connectivity index (χ3v) is 9.11. The summed E-state index contributed by atoms with van der Waals surface area (Å²) in [6.07, 6.45) is 0.568. The van der Waals surface area contributed by atoms with Gasteiger partial charge < -0.3 is 34.4 Å². The van der Waals surface area contributed by atoms with Crippen molar-refractivity contribution in [3.8, 4) is 17.2 Å². The van der Waals surface area contributed by atoms with Crippen LogP contribution in [0, 0.1) is 6.92 Å². The predicted octanol–water partition coefficient (Wildman–Crippen LogP) is 3.30. The molecule has 3 aromatic carbocycles. The minimum absolute atomic E-state index is 0.0872. The lowest BCUT2D eigenvalue weighted by atomic mass is 10.0. The van der Waals surface area contributed by atoms with Gasteiger partial charge in [0, 0.05) is 31.4 Å². The van der Waals surface area contributed by atoms with Crippen molar-refractivity contribution in [1.29, 1.82) is 0 Å². The van der Waals surface area contributed by atoms with E-state index in [9.17, 15) is 19.2 Å². The van der Waals surface area contributed by atoms with Crippen LogP contribution in [-0.2, 0) is 43.5 Å². The number of benzene rings is 3. The summed E-state index contributed by atoms with van der Waals surface area (Å²) in [6, 6.07) is 19.9. The molecule has 2 aliphatic rings. The first-order valence-corrected chi connectivity index (χ1v) is 17.1. The van der Waals surface area contributed by atoms with E-state index in [1.54, 1.807) is 24.1 Å². The second-order valence-electron chi connectivity index (χ2n) is 12.5. The van der Waals surface area contributed by atoms with E-state index in [1.807, 2.05) is 68.4 Å². The zero-order chi connectivity index (χ0) is 37.2. The molecule has 0 radical (unpaired) electrons. The Hall–Kier alpha value is -5.76. The first-order chi connectivity index (χ1) is 25.1. The average Bonchev–Trinajstić information content (AvgIpc) is 3.14. The molecule has 0 spiro atoms. The van der Waals surface area contributed by atoms with Gasteiger partial charge in [-0.25, -0.2) is 4.68 Å². The summed E-state index contributed by atoms with van der Waals surface area (Å²) in [5, 5.41) is 15.6. The Morgan fingerprint density at radius 1 is 1.04 bits per heavy atom. The van der Waals surface area contributed by atoms with Crippen molar-refractivity contribution in [3.05, 3.63) is 93.9 Å². The largest absolute Gasteiger partial charge is 0.493 e. The highest BCUT2D eigenvalue weighted by atomic mass is 16.5. The highest BCUT2D eigenvalue weighted by molar-refractivity contribution is 5.85. The molecule has 0 saturated carbocycles. The summed E-state index contributed by atoms with van der Waals surface area (Å²) in [5.74, 6) is 0.968. The highest BCUT2D eigenvalue weighted by Gasteiger charge is 2.34. The number of nitrogens with one attached hydrogen (secondary N) is 1. The van der Waals surface area contributed by atoms with Gasteiger partial charge in [-0.15, -0.1) is 0 Å². The van der Waals surface area contributed by atoms with Gasteiger partial charge in [0.1, 0.15) is 12.3 Å². The van der Waals surface area contributed by atoms with Crippen molar-refractivity contribution in [2.45, 2.75) is 58.4 Å². The van der Waals surface area contributed by atoms with E-state index in [1.165, 1.54) is 9.58 Å². The van der Waals surface area contributed by atoms with Crippen molar-refractivity contribution in [2.75, 3.05) is 33.3 Å². The minimum atomic E-state index is -0.560. The van der Waals surface area contributed by atoms with Gasteiger partial charge in [-0.1, -0.05) is 36.4 Å². The number of aromatic nitrogens is 2. The Balaban J connectivity index is 0.00000168.